The van der Waals surface area contributed by atoms with Crippen molar-refractivity contribution in [1.82, 2.24) is 0 Å². The van der Waals surface area contributed by atoms with Crippen molar-refractivity contribution in [3.05, 3.63) is 23.8 Å². The number of carbonyl (C=O) groups is 1. The summed E-state index contributed by atoms with van der Waals surface area (Å²) in [7, 11) is 1.44. The molecule has 1 aliphatic heterocycles. The molecule has 0 bridgehead atoms. The minimum Gasteiger partial charge on any atom is -0.493 e. The molecular weight excluding hydrogens is 308 g/mol. The van der Waals surface area contributed by atoms with Gasteiger partial charge in [-0.1, -0.05) is 13.0 Å². The Morgan fingerprint density at radius 1 is 1.17 bits per heavy atom. The zero-order chi connectivity index (χ0) is 17.1. The van der Waals surface area contributed by atoms with Crippen molar-refractivity contribution in [2.75, 3.05) is 7.11 Å². The number of aliphatic hydroxyl groups is 3. The van der Waals surface area contributed by atoms with Crippen molar-refractivity contribution in [3.8, 4) is 11.5 Å². The van der Waals surface area contributed by atoms with Crippen LogP contribution in [0.1, 0.15) is 12.5 Å². The molecule has 0 radical (unpaired) electrons. The Morgan fingerprint density at radius 3 is 2.43 bits per heavy atom. The van der Waals surface area contributed by atoms with Crippen LogP contribution in [0, 0.1) is 0 Å². The first-order chi connectivity index (χ1) is 10.9. The van der Waals surface area contributed by atoms with Gasteiger partial charge in [-0.25, -0.2) is 4.79 Å². The topological polar surface area (TPSA) is 126 Å². The van der Waals surface area contributed by atoms with E-state index in [1.54, 1.807) is 18.2 Å². The van der Waals surface area contributed by atoms with Crippen LogP contribution in [0.4, 0.5) is 0 Å². The van der Waals surface area contributed by atoms with Crippen molar-refractivity contribution in [1.29, 1.82) is 0 Å². The maximum Gasteiger partial charge on any atom is 0.335 e. The second-order valence-corrected chi connectivity index (χ2v) is 5.19. The summed E-state index contributed by atoms with van der Waals surface area (Å²) in [5.41, 5.74) is 0.998. The van der Waals surface area contributed by atoms with Crippen LogP contribution in [0.15, 0.2) is 18.2 Å². The Labute approximate surface area is 132 Å². The smallest absolute Gasteiger partial charge is 0.335 e. The summed E-state index contributed by atoms with van der Waals surface area (Å²) in [5, 5.41) is 38.4. The third kappa shape index (κ3) is 3.56. The van der Waals surface area contributed by atoms with Crippen molar-refractivity contribution in [2.24, 2.45) is 0 Å². The van der Waals surface area contributed by atoms with Gasteiger partial charge in [0.2, 0.25) is 6.29 Å². The van der Waals surface area contributed by atoms with Crippen molar-refractivity contribution >= 4 is 5.97 Å². The summed E-state index contributed by atoms with van der Waals surface area (Å²) in [6.07, 6.45) is -7.47. The highest BCUT2D eigenvalue weighted by molar-refractivity contribution is 5.73. The first-order valence-corrected chi connectivity index (χ1v) is 7.15. The van der Waals surface area contributed by atoms with Crippen molar-refractivity contribution in [2.45, 2.75) is 44.1 Å². The molecule has 8 heteroatoms. The molecule has 1 aromatic carbocycles. The van der Waals surface area contributed by atoms with Gasteiger partial charge in [-0.3, -0.25) is 0 Å². The second kappa shape index (κ2) is 7.14. The number of rotatable bonds is 5. The summed E-state index contributed by atoms with van der Waals surface area (Å²) in [6, 6.07) is 5.12. The third-order valence-corrected chi connectivity index (χ3v) is 3.69. The number of hydrogen-bond donors (Lipinski definition) is 4. The van der Waals surface area contributed by atoms with Crippen LogP contribution in [0.3, 0.4) is 0 Å². The molecule has 2 rings (SSSR count). The van der Waals surface area contributed by atoms with Gasteiger partial charge < -0.3 is 34.6 Å². The number of carboxylic acids is 1. The molecule has 23 heavy (non-hydrogen) atoms. The summed E-state index contributed by atoms with van der Waals surface area (Å²) in [4.78, 5) is 11.1. The van der Waals surface area contributed by atoms with E-state index in [0.29, 0.717) is 5.75 Å². The number of benzene rings is 1. The molecule has 0 aromatic heterocycles. The predicted octanol–water partition coefficient (Wildman–Crippen LogP) is -0.471. The fourth-order valence-electron chi connectivity index (χ4n) is 2.30. The standard InChI is InChI=1S/C15H20O8/c1-3-7-4-5-8(9(6-7)21-2)22-15-12(18)10(16)11(17)13(23-15)14(19)20/h4-6,10-13,15-18H,3H2,1-2H3,(H,19,20). The molecule has 0 spiro atoms. The van der Waals surface area contributed by atoms with Crippen LogP contribution in [0.25, 0.3) is 0 Å². The van der Waals surface area contributed by atoms with E-state index in [4.69, 9.17) is 19.3 Å². The summed E-state index contributed by atoms with van der Waals surface area (Å²) in [5.74, 6) is -0.862. The largest absolute Gasteiger partial charge is 0.493 e. The first kappa shape index (κ1) is 17.5. The minimum atomic E-state index is -1.76. The number of methoxy groups -OCH3 is 1. The highest BCUT2D eigenvalue weighted by Gasteiger charge is 2.48. The van der Waals surface area contributed by atoms with Gasteiger partial charge in [0.1, 0.15) is 18.3 Å². The SMILES string of the molecule is CCc1ccc(OC2OC(C(=O)O)C(O)C(O)C2O)c(OC)c1. The summed E-state index contributed by atoms with van der Waals surface area (Å²) >= 11 is 0. The van der Waals surface area contributed by atoms with Gasteiger partial charge in [-0.05, 0) is 24.1 Å². The van der Waals surface area contributed by atoms with E-state index in [9.17, 15) is 20.1 Å². The van der Waals surface area contributed by atoms with E-state index in [1.165, 1.54) is 7.11 Å². The van der Waals surface area contributed by atoms with Crippen LogP contribution < -0.4 is 9.47 Å². The van der Waals surface area contributed by atoms with Gasteiger partial charge >= 0.3 is 5.97 Å². The predicted molar refractivity (Wildman–Crippen MR) is 77.3 cm³/mol. The zero-order valence-corrected chi connectivity index (χ0v) is 12.7. The molecule has 1 aliphatic rings. The number of aliphatic carboxylic acids is 1. The lowest BCUT2D eigenvalue weighted by Crippen LogP contribution is -2.61. The normalized spacial score (nSPS) is 30.7. The van der Waals surface area contributed by atoms with Gasteiger partial charge in [0, 0.05) is 0 Å². The Hall–Kier alpha value is -1.87. The quantitative estimate of drug-likeness (QED) is 0.571. The molecule has 5 atom stereocenters. The highest BCUT2D eigenvalue weighted by Crippen LogP contribution is 2.32. The average molecular weight is 328 g/mol. The van der Waals surface area contributed by atoms with Crippen LogP contribution in [0.5, 0.6) is 11.5 Å². The first-order valence-electron chi connectivity index (χ1n) is 7.15. The van der Waals surface area contributed by atoms with E-state index in [2.05, 4.69) is 0 Å². The molecule has 0 aliphatic carbocycles. The maximum absolute atomic E-state index is 11.1. The van der Waals surface area contributed by atoms with Gasteiger partial charge in [0.05, 0.1) is 7.11 Å². The fourth-order valence-corrected chi connectivity index (χ4v) is 2.30. The Morgan fingerprint density at radius 2 is 1.87 bits per heavy atom. The van der Waals surface area contributed by atoms with Crippen molar-refractivity contribution in [3.63, 3.8) is 0 Å². The van der Waals surface area contributed by atoms with E-state index in [0.717, 1.165) is 12.0 Å². The van der Waals surface area contributed by atoms with Crippen LogP contribution in [0.2, 0.25) is 0 Å². The number of aryl methyl sites for hydroxylation is 1. The average Bonchev–Trinajstić information content (AvgIpc) is 2.55. The molecule has 4 N–H and O–H groups in total. The molecule has 8 nitrogen and oxygen atoms in total. The number of ether oxygens (including phenoxy) is 3. The number of hydrogen-bond acceptors (Lipinski definition) is 7. The number of aliphatic hydroxyl groups excluding tert-OH is 3. The Bertz CT molecular complexity index is 560. The van der Waals surface area contributed by atoms with Crippen LogP contribution in [-0.4, -0.2) is 64.2 Å². The van der Waals surface area contributed by atoms with E-state index in [1.807, 2.05) is 6.92 Å². The molecule has 0 amide bonds. The van der Waals surface area contributed by atoms with Gasteiger partial charge in [0.15, 0.2) is 17.6 Å². The van der Waals surface area contributed by atoms with E-state index >= 15 is 0 Å². The molecular formula is C15H20O8. The lowest BCUT2D eigenvalue weighted by Gasteiger charge is -2.38. The van der Waals surface area contributed by atoms with Crippen molar-refractivity contribution < 1.29 is 39.4 Å². The minimum absolute atomic E-state index is 0.224. The maximum atomic E-state index is 11.1. The molecule has 128 valence electrons. The Balaban J connectivity index is 2.22. The molecule has 0 saturated carbocycles. The van der Waals surface area contributed by atoms with E-state index < -0.39 is 36.7 Å². The molecule has 1 heterocycles. The number of carboxylic acid groups (broad SMARTS) is 1. The van der Waals surface area contributed by atoms with Gasteiger partial charge in [-0.15, -0.1) is 0 Å². The second-order valence-electron chi connectivity index (χ2n) is 5.19. The lowest BCUT2D eigenvalue weighted by atomic mass is 9.99. The van der Waals surface area contributed by atoms with E-state index in [-0.39, 0.29) is 5.75 Å². The fraction of sp³-hybridized carbons (Fsp3) is 0.533. The van der Waals surface area contributed by atoms with Crippen LogP contribution in [-0.2, 0) is 16.0 Å². The van der Waals surface area contributed by atoms with Gasteiger partial charge in [0.25, 0.3) is 0 Å². The Kier molecular flexibility index (Phi) is 5.42. The third-order valence-electron chi connectivity index (χ3n) is 3.69. The molecule has 1 aromatic rings. The van der Waals surface area contributed by atoms with Gasteiger partial charge in [-0.2, -0.15) is 0 Å². The zero-order valence-electron chi connectivity index (χ0n) is 12.7. The lowest BCUT2D eigenvalue weighted by molar-refractivity contribution is -0.271. The highest BCUT2D eigenvalue weighted by atomic mass is 16.7. The molecule has 1 fully saturated rings. The summed E-state index contributed by atoms with van der Waals surface area (Å²) in [6.45, 7) is 1.97. The molecule has 1 saturated heterocycles. The molecule has 5 unspecified atom stereocenters. The van der Waals surface area contributed by atoms with Crippen LogP contribution >= 0.6 is 0 Å². The summed E-state index contributed by atoms with van der Waals surface area (Å²) < 4.78 is 15.7. The monoisotopic (exact) mass is 328 g/mol.